The summed E-state index contributed by atoms with van der Waals surface area (Å²) in [6, 6.07) is 7.61. The zero-order chi connectivity index (χ0) is 14.7. The highest BCUT2D eigenvalue weighted by Crippen LogP contribution is 2.36. The molecule has 1 N–H and O–H groups in total. The zero-order valence-electron chi connectivity index (χ0n) is 12.0. The van der Waals surface area contributed by atoms with Gasteiger partial charge in [0.05, 0.1) is 6.04 Å². The second kappa shape index (κ2) is 6.83. The van der Waals surface area contributed by atoms with E-state index in [0.717, 1.165) is 23.0 Å². The van der Waals surface area contributed by atoms with Crippen LogP contribution in [0.1, 0.15) is 40.3 Å². The third kappa shape index (κ3) is 3.48. The van der Waals surface area contributed by atoms with Crippen molar-refractivity contribution in [1.29, 1.82) is 0 Å². The Balaban J connectivity index is 2.41. The van der Waals surface area contributed by atoms with Gasteiger partial charge in [-0.3, -0.25) is 0 Å². The highest BCUT2D eigenvalue weighted by Gasteiger charge is 2.19. The maximum Gasteiger partial charge on any atom is 0.126 e. The number of rotatable bonds is 5. The summed E-state index contributed by atoms with van der Waals surface area (Å²) < 4.78 is 14.6. The second-order valence-electron chi connectivity index (χ2n) is 4.96. The standard InChI is InChI=1S/C16H19BrFNS/c1-4-7-19-15(16-13(17)9-11(3)20-16)12-5-6-14(18)10(2)8-12/h5-6,8-9,15,19H,4,7H2,1-3H3. The summed E-state index contributed by atoms with van der Waals surface area (Å²) in [4.78, 5) is 2.52. The second-order valence-corrected chi connectivity index (χ2v) is 7.11. The van der Waals surface area contributed by atoms with Crippen LogP contribution in [0.5, 0.6) is 0 Å². The zero-order valence-corrected chi connectivity index (χ0v) is 14.4. The van der Waals surface area contributed by atoms with Gasteiger partial charge in [0.25, 0.3) is 0 Å². The van der Waals surface area contributed by atoms with Crippen LogP contribution in [0.15, 0.2) is 28.7 Å². The Hall–Kier alpha value is -0.710. The first-order valence-electron chi connectivity index (χ1n) is 6.78. The number of hydrogen-bond donors (Lipinski definition) is 1. The molecule has 1 nitrogen and oxygen atoms in total. The minimum atomic E-state index is -0.149. The van der Waals surface area contributed by atoms with Gasteiger partial charge in [0.2, 0.25) is 0 Å². The van der Waals surface area contributed by atoms with Crippen LogP contribution in [0.25, 0.3) is 0 Å². The third-order valence-corrected chi connectivity index (χ3v) is 5.25. The number of halogens is 2. The lowest BCUT2D eigenvalue weighted by molar-refractivity contribution is 0.594. The molecule has 20 heavy (non-hydrogen) atoms. The number of aryl methyl sites for hydroxylation is 2. The van der Waals surface area contributed by atoms with Crippen LogP contribution in [0.4, 0.5) is 4.39 Å². The lowest BCUT2D eigenvalue weighted by atomic mass is 10.0. The van der Waals surface area contributed by atoms with E-state index >= 15 is 0 Å². The molecule has 1 atom stereocenters. The quantitative estimate of drug-likeness (QED) is 0.761. The maximum atomic E-state index is 13.5. The van der Waals surface area contributed by atoms with Gasteiger partial charge in [0.1, 0.15) is 5.82 Å². The molecule has 0 saturated heterocycles. The van der Waals surface area contributed by atoms with Gasteiger partial charge in [-0.25, -0.2) is 4.39 Å². The minimum Gasteiger partial charge on any atom is -0.306 e. The molecule has 0 aliphatic rings. The van der Waals surface area contributed by atoms with Gasteiger partial charge in [0.15, 0.2) is 0 Å². The average molecular weight is 356 g/mol. The lowest BCUT2D eigenvalue weighted by Gasteiger charge is -2.19. The van der Waals surface area contributed by atoms with Crippen LogP contribution in [-0.4, -0.2) is 6.54 Å². The van der Waals surface area contributed by atoms with E-state index in [1.807, 2.05) is 19.1 Å². The Morgan fingerprint density at radius 3 is 2.60 bits per heavy atom. The van der Waals surface area contributed by atoms with Crippen LogP contribution in [0.2, 0.25) is 0 Å². The molecule has 1 heterocycles. The molecule has 0 saturated carbocycles. The van der Waals surface area contributed by atoms with Crippen LogP contribution in [-0.2, 0) is 0 Å². The number of hydrogen-bond acceptors (Lipinski definition) is 2. The smallest absolute Gasteiger partial charge is 0.126 e. The van der Waals surface area contributed by atoms with E-state index in [1.165, 1.54) is 9.75 Å². The van der Waals surface area contributed by atoms with E-state index in [2.05, 4.69) is 41.2 Å². The Morgan fingerprint density at radius 2 is 2.05 bits per heavy atom. The molecule has 0 aliphatic carbocycles. The molecule has 0 fully saturated rings. The molecule has 1 aromatic carbocycles. The Morgan fingerprint density at radius 1 is 1.30 bits per heavy atom. The van der Waals surface area contributed by atoms with E-state index in [9.17, 15) is 4.39 Å². The molecule has 0 bridgehead atoms. The molecule has 2 rings (SSSR count). The van der Waals surface area contributed by atoms with Crippen LogP contribution in [0.3, 0.4) is 0 Å². The van der Waals surface area contributed by atoms with Crippen molar-refractivity contribution in [2.75, 3.05) is 6.54 Å². The monoisotopic (exact) mass is 355 g/mol. The van der Waals surface area contributed by atoms with Crippen molar-refractivity contribution in [3.05, 3.63) is 55.4 Å². The van der Waals surface area contributed by atoms with Gasteiger partial charge in [0, 0.05) is 14.2 Å². The van der Waals surface area contributed by atoms with Gasteiger partial charge in [-0.15, -0.1) is 11.3 Å². The lowest BCUT2D eigenvalue weighted by Crippen LogP contribution is -2.22. The Labute approximate surface area is 132 Å². The number of thiophene rings is 1. The van der Waals surface area contributed by atoms with E-state index in [-0.39, 0.29) is 11.9 Å². The van der Waals surface area contributed by atoms with Gasteiger partial charge >= 0.3 is 0 Å². The van der Waals surface area contributed by atoms with E-state index < -0.39 is 0 Å². The van der Waals surface area contributed by atoms with Crippen molar-refractivity contribution in [2.24, 2.45) is 0 Å². The van der Waals surface area contributed by atoms with Gasteiger partial charge < -0.3 is 5.32 Å². The van der Waals surface area contributed by atoms with Crippen molar-refractivity contribution in [2.45, 2.75) is 33.2 Å². The average Bonchev–Trinajstić information content (AvgIpc) is 2.73. The minimum absolute atomic E-state index is 0.113. The fourth-order valence-electron chi connectivity index (χ4n) is 2.20. The molecule has 0 amide bonds. The van der Waals surface area contributed by atoms with Crippen molar-refractivity contribution < 1.29 is 4.39 Å². The number of benzene rings is 1. The Bertz CT molecular complexity index is 594. The van der Waals surface area contributed by atoms with Crippen molar-refractivity contribution in [1.82, 2.24) is 5.32 Å². The van der Waals surface area contributed by atoms with Crippen molar-refractivity contribution in [3.8, 4) is 0 Å². The first kappa shape index (κ1) is 15.7. The summed E-state index contributed by atoms with van der Waals surface area (Å²) in [5.41, 5.74) is 1.80. The predicted molar refractivity (Wildman–Crippen MR) is 88.0 cm³/mol. The maximum absolute atomic E-state index is 13.5. The molecule has 1 unspecified atom stereocenters. The summed E-state index contributed by atoms with van der Waals surface area (Å²) in [5, 5.41) is 3.56. The summed E-state index contributed by atoms with van der Waals surface area (Å²) in [7, 11) is 0. The highest BCUT2D eigenvalue weighted by molar-refractivity contribution is 9.10. The molecular formula is C16H19BrFNS. The van der Waals surface area contributed by atoms with Crippen molar-refractivity contribution in [3.63, 3.8) is 0 Å². The summed E-state index contributed by atoms with van der Waals surface area (Å²) in [6.07, 6.45) is 1.07. The molecule has 0 spiro atoms. The largest absolute Gasteiger partial charge is 0.306 e. The highest BCUT2D eigenvalue weighted by atomic mass is 79.9. The summed E-state index contributed by atoms with van der Waals surface area (Å²) in [6.45, 7) is 7.00. The fraction of sp³-hybridized carbons (Fsp3) is 0.375. The molecular weight excluding hydrogens is 337 g/mol. The molecule has 4 heteroatoms. The Kier molecular flexibility index (Phi) is 5.35. The molecule has 0 aliphatic heterocycles. The van der Waals surface area contributed by atoms with Gasteiger partial charge in [-0.05, 0) is 66.0 Å². The first-order chi connectivity index (χ1) is 9.52. The van der Waals surface area contributed by atoms with Crippen LogP contribution >= 0.6 is 27.3 Å². The molecule has 1 aromatic heterocycles. The predicted octanol–water partition coefficient (Wildman–Crippen LogP) is 5.36. The molecule has 108 valence electrons. The fourth-order valence-corrected chi connectivity index (χ4v) is 4.18. The third-order valence-electron chi connectivity index (χ3n) is 3.21. The van der Waals surface area contributed by atoms with Crippen LogP contribution in [0, 0.1) is 19.7 Å². The first-order valence-corrected chi connectivity index (χ1v) is 8.39. The molecule has 2 aromatic rings. The van der Waals surface area contributed by atoms with Crippen molar-refractivity contribution >= 4 is 27.3 Å². The van der Waals surface area contributed by atoms with Gasteiger partial charge in [-0.1, -0.05) is 19.1 Å². The van der Waals surface area contributed by atoms with Gasteiger partial charge in [-0.2, -0.15) is 0 Å². The van der Waals surface area contributed by atoms with E-state index in [4.69, 9.17) is 0 Å². The summed E-state index contributed by atoms with van der Waals surface area (Å²) >= 11 is 5.41. The van der Waals surface area contributed by atoms with E-state index in [0.29, 0.717) is 5.56 Å². The summed E-state index contributed by atoms with van der Waals surface area (Å²) in [5.74, 6) is -0.149. The van der Waals surface area contributed by atoms with Crippen LogP contribution < -0.4 is 5.32 Å². The normalized spacial score (nSPS) is 12.7. The topological polar surface area (TPSA) is 12.0 Å². The molecule has 0 radical (unpaired) electrons. The SMILES string of the molecule is CCCNC(c1ccc(F)c(C)c1)c1sc(C)cc1Br. The van der Waals surface area contributed by atoms with E-state index in [1.54, 1.807) is 17.4 Å². The number of nitrogens with one attached hydrogen (secondary N) is 1.